The van der Waals surface area contributed by atoms with Gasteiger partial charge in [0.25, 0.3) is 0 Å². The van der Waals surface area contributed by atoms with Gasteiger partial charge in [-0.1, -0.05) is 65.5 Å². The Morgan fingerprint density at radius 1 is 0.897 bits per heavy atom. The third-order valence-electron chi connectivity index (χ3n) is 5.72. The zero-order chi connectivity index (χ0) is 19.6. The Kier molecular flexibility index (Phi) is 5.06. The molecule has 0 spiro atoms. The zero-order valence-corrected chi connectivity index (χ0v) is 17.8. The fourth-order valence-corrected chi connectivity index (χ4v) is 4.51. The number of anilines is 1. The monoisotopic (exact) mass is 446 g/mol. The molecule has 1 fully saturated rings. The summed E-state index contributed by atoms with van der Waals surface area (Å²) in [6.07, 6.45) is 10.2. The lowest BCUT2D eigenvalue weighted by atomic mass is 9.95. The van der Waals surface area contributed by atoms with Crippen LogP contribution in [-0.2, 0) is 0 Å². The smallest absolute Gasteiger partial charge is 0.150 e. The van der Waals surface area contributed by atoms with Gasteiger partial charge < -0.3 is 9.88 Å². The summed E-state index contributed by atoms with van der Waals surface area (Å²) >= 11 is 3.53. The molecule has 1 N–H and O–H groups in total. The van der Waals surface area contributed by atoms with Gasteiger partial charge in [0, 0.05) is 28.0 Å². The Balaban J connectivity index is 1.69. The van der Waals surface area contributed by atoms with Gasteiger partial charge in [-0.3, -0.25) is 0 Å². The largest absolute Gasteiger partial charge is 0.367 e. The highest BCUT2D eigenvalue weighted by atomic mass is 79.9. The molecule has 5 heteroatoms. The van der Waals surface area contributed by atoms with Crippen molar-refractivity contribution in [2.45, 2.75) is 38.1 Å². The fourth-order valence-electron chi connectivity index (χ4n) is 4.25. The third-order valence-corrected chi connectivity index (χ3v) is 6.25. The minimum Gasteiger partial charge on any atom is -0.367 e. The molecule has 0 unspecified atom stereocenters. The molecule has 2 aromatic carbocycles. The summed E-state index contributed by atoms with van der Waals surface area (Å²) < 4.78 is 3.23. The van der Waals surface area contributed by atoms with Gasteiger partial charge in [0.15, 0.2) is 5.65 Å². The summed E-state index contributed by atoms with van der Waals surface area (Å²) in [7, 11) is 0. The highest BCUT2D eigenvalue weighted by molar-refractivity contribution is 9.10. The molecule has 0 radical (unpaired) electrons. The Hall–Kier alpha value is -2.66. The van der Waals surface area contributed by atoms with E-state index in [1.165, 1.54) is 37.7 Å². The number of halogens is 1. The van der Waals surface area contributed by atoms with Gasteiger partial charge in [0.2, 0.25) is 0 Å². The second kappa shape index (κ2) is 7.99. The SMILES string of the molecule is Brc1ccc(-n2cc(-c3ccccc3)c3c(NC4CCCCC4)ncnc32)cc1. The minimum absolute atomic E-state index is 0.488. The number of rotatable bonds is 4. The maximum absolute atomic E-state index is 4.68. The van der Waals surface area contributed by atoms with Crippen molar-refractivity contribution in [2.75, 3.05) is 5.32 Å². The average molecular weight is 447 g/mol. The van der Waals surface area contributed by atoms with E-state index >= 15 is 0 Å². The molecule has 1 aliphatic rings. The zero-order valence-electron chi connectivity index (χ0n) is 16.2. The molecule has 5 rings (SSSR count). The predicted molar refractivity (Wildman–Crippen MR) is 122 cm³/mol. The van der Waals surface area contributed by atoms with Gasteiger partial charge in [0.1, 0.15) is 12.1 Å². The van der Waals surface area contributed by atoms with Crippen molar-refractivity contribution < 1.29 is 0 Å². The first-order valence-electron chi connectivity index (χ1n) is 10.2. The van der Waals surface area contributed by atoms with E-state index in [0.717, 1.165) is 32.6 Å². The summed E-state index contributed by atoms with van der Waals surface area (Å²) in [4.78, 5) is 9.35. The van der Waals surface area contributed by atoms with Crippen molar-refractivity contribution >= 4 is 32.8 Å². The van der Waals surface area contributed by atoms with Crippen LogP contribution in [0.25, 0.3) is 27.8 Å². The molecule has 4 aromatic rings. The Labute approximate surface area is 179 Å². The molecule has 2 aromatic heterocycles. The molecule has 0 atom stereocenters. The number of nitrogens with zero attached hydrogens (tertiary/aromatic N) is 3. The Morgan fingerprint density at radius 3 is 2.41 bits per heavy atom. The van der Waals surface area contributed by atoms with Crippen LogP contribution in [0.2, 0.25) is 0 Å². The molecule has 4 nitrogen and oxygen atoms in total. The van der Waals surface area contributed by atoms with E-state index in [2.05, 4.69) is 96.6 Å². The van der Waals surface area contributed by atoms with Gasteiger partial charge >= 0.3 is 0 Å². The number of benzene rings is 2. The average Bonchev–Trinajstić information content (AvgIpc) is 3.16. The summed E-state index contributed by atoms with van der Waals surface area (Å²) in [6, 6.07) is 19.3. The molecule has 2 heterocycles. The van der Waals surface area contributed by atoms with Gasteiger partial charge in [-0.15, -0.1) is 0 Å². The lowest BCUT2D eigenvalue weighted by molar-refractivity contribution is 0.462. The second-order valence-corrected chi connectivity index (χ2v) is 8.57. The lowest BCUT2D eigenvalue weighted by Gasteiger charge is -2.23. The highest BCUT2D eigenvalue weighted by Gasteiger charge is 2.20. The van der Waals surface area contributed by atoms with Gasteiger partial charge in [-0.05, 0) is 42.7 Å². The van der Waals surface area contributed by atoms with Gasteiger partial charge in [-0.25, -0.2) is 9.97 Å². The fraction of sp³-hybridized carbons (Fsp3) is 0.250. The van der Waals surface area contributed by atoms with Crippen LogP contribution in [0.3, 0.4) is 0 Å². The second-order valence-electron chi connectivity index (χ2n) is 7.66. The Morgan fingerprint density at radius 2 is 1.66 bits per heavy atom. The first kappa shape index (κ1) is 18.4. The molecular weight excluding hydrogens is 424 g/mol. The van der Waals surface area contributed by atoms with Crippen LogP contribution < -0.4 is 5.32 Å². The van der Waals surface area contributed by atoms with Gasteiger partial charge in [-0.2, -0.15) is 0 Å². The van der Waals surface area contributed by atoms with Gasteiger partial charge in [0.05, 0.1) is 5.39 Å². The van der Waals surface area contributed by atoms with Crippen molar-refractivity contribution in [3.05, 3.63) is 71.6 Å². The maximum atomic E-state index is 4.68. The van der Waals surface area contributed by atoms with E-state index in [4.69, 9.17) is 0 Å². The highest BCUT2D eigenvalue weighted by Crippen LogP contribution is 2.36. The van der Waals surface area contributed by atoms with E-state index in [-0.39, 0.29) is 0 Å². The number of fused-ring (bicyclic) bond motifs is 1. The van der Waals surface area contributed by atoms with Crippen molar-refractivity contribution in [2.24, 2.45) is 0 Å². The van der Waals surface area contributed by atoms with Crippen LogP contribution in [-0.4, -0.2) is 20.6 Å². The third kappa shape index (κ3) is 3.67. The van der Waals surface area contributed by atoms with Crippen molar-refractivity contribution in [1.29, 1.82) is 0 Å². The first-order chi connectivity index (χ1) is 14.3. The molecular formula is C24H23BrN4. The topological polar surface area (TPSA) is 42.7 Å². The van der Waals surface area contributed by atoms with Crippen LogP contribution in [0, 0.1) is 0 Å². The van der Waals surface area contributed by atoms with Crippen LogP contribution in [0.15, 0.2) is 71.6 Å². The predicted octanol–water partition coefficient (Wildman–Crippen LogP) is 6.59. The maximum Gasteiger partial charge on any atom is 0.150 e. The summed E-state index contributed by atoms with van der Waals surface area (Å²) in [6.45, 7) is 0. The number of nitrogens with one attached hydrogen (secondary N) is 1. The van der Waals surface area contributed by atoms with Crippen molar-refractivity contribution in [3.8, 4) is 16.8 Å². The standard InChI is InChI=1S/C24H23BrN4/c25-18-11-13-20(14-12-18)29-15-21(17-7-3-1-4-8-17)22-23(26-16-27-24(22)29)28-19-9-5-2-6-10-19/h1,3-4,7-8,11-16,19H,2,5-6,9-10H2,(H,26,27,28). The van der Waals surface area contributed by atoms with Crippen LogP contribution in [0.5, 0.6) is 0 Å². The summed E-state index contributed by atoms with van der Waals surface area (Å²) in [5.74, 6) is 0.941. The molecule has 0 bridgehead atoms. The van der Waals surface area contributed by atoms with Crippen LogP contribution >= 0.6 is 15.9 Å². The molecule has 0 aliphatic heterocycles. The quantitative estimate of drug-likeness (QED) is 0.384. The molecule has 146 valence electrons. The van der Waals surface area contributed by atoms with E-state index in [1.807, 2.05) is 0 Å². The van der Waals surface area contributed by atoms with E-state index in [0.29, 0.717) is 6.04 Å². The summed E-state index contributed by atoms with van der Waals surface area (Å²) in [5, 5.41) is 4.83. The minimum atomic E-state index is 0.488. The van der Waals surface area contributed by atoms with E-state index in [9.17, 15) is 0 Å². The number of aromatic nitrogens is 3. The molecule has 1 aliphatic carbocycles. The molecule has 0 amide bonds. The first-order valence-corrected chi connectivity index (χ1v) is 11.0. The number of hydrogen-bond donors (Lipinski definition) is 1. The Bertz CT molecular complexity index is 1110. The van der Waals surface area contributed by atoms with E-state index < -0.39 is 0 Å². The lowest BCUT2D eigenvalue weighted by Crippen LogP contribution is -2.23. The van der Waals surface area contributed by atoms with Crippen LogP contribution in [0.1, 0.15) is 32.1 Å². The molecule has 0 saturated heterocycles. The molecule has 29 heavy (non-hydrogen) atoms. The number of hydrogen-bond acceptors (Lipinski definition) is 3. The summed E-state index contributed by atoms with van der Waals surface area (Å²) in [5.41, 5.74) is 4.35. The normalized spacial score (nSPS) is 14.9. The van der Waals surface area contributed by atoms with E-state index in [1.54, 1.807) is 6.33 Å². The van der Waals surface area contributed by atoms with Crippen molar-refractivity contribution in [1.82, 2.24) is 14.5 Å². The molecule has 1 saturated carbocycles. The van der Waals surface area contributed by atoms with Crippen LogP contribution in [0.4, 0.5) is 5.82 Å². The van der Waals surface area contributed by atoms with Crippen molar-refractivity contribution in [3.63, 3.8) is 0 Å².